The zero-order valence-electron chi connectivity index (χ0n) is 11.5. The van der Waals surface area contributed by atoms with E-state index < -0.39 is 6.09 Å². The average molecular weight is 282 g/mol. The summed E-state index contributed by atoms with van der Waals surface area (Å²) in [6, 6.07) is 15.7. The van der Waals surface area contributed by atoms with Crippen molar-refractivity contribution in [1.29, 1.82) is 5.26 Å². The fourth-order valence-corrected chi connectivity index (χ4v) is 1.66. The first kappa shape index (κ1) is 14.4. The molecule has 1 amide bonds. The summed E-state index contributed by atoms with van der Waals surface area (Å²) >= 11 is 0. The molecule has 0 unspecified atom stereocenters. The summed E-state index contributed by atoms with van der Waals surface area (Å²) in [7, 11) is 1.60. The summed E-state index contributed by atoms with van der Waals surface area (Å²) in [5, 5.41) is 11.3. The van der Waals surface area contributed by atoms with Gasteiger partial charge in [-0.3, -0.25) is 0 Å². The highest BCUT2D eigenvalue weighted by Gasteiger charge is 2.04. The van der Waals surface area contributed by atoms with Gasteiger partial charge in [-0.1, -0.05) is 12.1 Å². The second-order valence-electron chi connectivity index (χ2n) is 4.23. The molecule has 5 heteroatoms. The van der Waals surface area contributed by atoms with Crippen LogP contribution < -0.4 is 14.8 Å². The van der Waals surface area contributed by atoms with Gasteiger partial charge in [-0.15, -0.1) is 0 Å². The number of carbonyl (C=O) groups is 1. The molecule has 0 saturated heterocycles. The van der Waals surface area contributed by atoms with Gasteiger partial charge in [0.25, 0.3) is 0 Å². The minimum Gasteiger partial charge on any atom is -0.497 e. The third-order valence-corrected chi connectivity index (χ3v) is 2.79. The Morgan fingerprint density at radius 1 is 1.10 bits per heavy atom. The van der Waals surface area contributed by atoms with E-state index in [1.165, 1.54) is 0 Å². The zero-order valence-corrected chi connectivity index (χ0v) is 11.5. The quantitative estimate of drug-likeness (QED) is 0.936. The maximum atomic E-state index is 11.6. The standard InChI is InChI=1S/C16H14N2O3/c1-20-14-6-4-13(5-7-14)11-18-16(19)21-15-8-2-12(10-17)3-9-15/h2-9H,11H2,1H3,(H,18,19). The van der Waals surface area contributed by atoms with Crippen LogP contribution in [0.15, 0.2) is 48.5 Å². The Bertz CT molecular complexity index is 643. The molecule has 0 fully saturated rings. The van der Waals surface area contributed by atoms with Crippen LogP contribution in [0.1, 0.15) is 11.1 Å². The molecule has 5 nitrogen and oxygen atoms in total. The third kappa shape index (κ3) is 4.25. The van der Waals surface area contributed by atoms with E-state index in [9.17, 15) is 4.79 Å². The van der Waals surface area contributed by atoms with E-state index in [0.29, 0.717) is 17.9 Å². The highest BCUT2D eigenvalue weighted by atomic mass is 16.6. The SMILES string of the molecule is COc1ccc(CNC(=O)Oc2ccc(C#N)cc2)cc1. The van der Waals surface area contributed by atoms with E-state index in [4.69, 9.17) is 14.7 Å². The van der Waals surface area contributed by atoms with Crippen molar-refractivity contribution in [2.75, 3.05) is 7.11 Å². The molecule has 21 heavy (non-hydrogen) atoms. The molecule has 2 aromatic carbocycles. The van der Waals surface area contributed by atoms with Crippen LogP contribution in [-0.4, -0.2) is 13.2 Å². The Hall–Kier alpha value is -3.00. The van der Waals surface area contributed by atoms with Gasteiger partial charge in [-0.2, -0.15) is 5.26 Å². The Kier molecular flexibility index (Phi) is 4.78. The first-order valence-electron chi connectivity index (χ1n) is 6.30. The number of nitrogens with zero attached hydrogens (tertiary/aromatic N) is 1. The maximum Gasteiger partial charge on any atom is 0.412 e. The van der Waals surface area contributed by atoms with E-state index in [-0.39, 0.29) is 0 Å². The Morgan fingerprint density at radius 3 is 2.29 bits per heavy atom. The summed E-state index contributed by atoms with van der Waals surface area (Å²) in [6.07, 6.45) is -0.546. The van der Waals surface area contributed by atoms with Crippen molar-refractivity contribution in [2.24, 2.45) is 0 Å². The Labute approximate surface area is 122 Å². The number of benzene rings is 2. The molecule has 0 saturated carbocycles. The lowest BCUT2D eigenvalue weighted by Crippen LogP contribution is -2.26. The molecule has 0 radical (unpaired) electrons. The number of rotatable bonds is 4. The van der Waals surface area contributed by atoms with Gasteiger partial charge in [-0.25, -0.2) is 4.79 Å². The van der Waals surface area contributed by atoms with Crippen LogP contribution in [0.2, 0.25) is 0 Å². The average Bonchev–Trinajstić information content (AvgIpc) is 2.54. The second-order valence-corrected chi connectivity index (χ2v) is 4.23. The van der Waals surface area contributed by atoms with Crippen molar-refractivity contribution < 1.29 is 14.3 Å². The van der Waals surface area contributed by atoms with Crippen LogP contribution >= 0.6 is 0 Å². The van der Waals surface area contributed by atoms with Crippen molar-refractivity contribution >= 4 is 6.09 Å². The molecule has 2 aromatic rings. The van der Waals surface area contributed by atoms with Gasteiger partial charge in [0.05, 0.1) is 18.7 Å². The largest absolute Gasteiger partial charge is 0.497 e. The van der Waals surface area contributed by atoms with E-state index in [1.807, 2.05) is 30.3 Å². The summed E-state index contributed by atoms with van der Waals surface area (Å²) in [6.45, 7) is 0.360. The molecule has 0 spiro atoms. The fraction of sp³-hybridized carbons (Fsp3) is 0.125. The highest BCUT2D eigenvalue weighted by Crippen LogP contribution is 2.13. The van der Waals surface area contributed by atoms with Crippen LogP contribution in [0.4, 0.5) is 4.79 Å². The summed E-state index contributed by atoms with van der Waals surface area (Å²) < 4.78 is 10.2. The minimum atomic E-state index is -0.546. The molecular formula is C16H14N2O3. The van der Waals surface area contributed by atoms with E-state index in [0.717, 1.165) is 11.3 Å². The lowest BCUT2D eigenvalue weighted by Gasteiger charge is -2.07. The van der Waals surface area contributed by atoms with Crippen LogP contribution in [0.5, 0.6) is 11.5 Å². The number of methoxy groups -OCH3 is 1. The molecule has 0 aromatic heterocycles. The second kappa shape index (κ2) is 6.96. The van der Waals surface area contributed by atoms with Gasteiger partial charge in [0.2, 0.25) is 0 Å². The smallest absolute Gasteiger partial charge is 0.412 e. The lowest BCUT2D eigenvalue weighted by molar-refractivity contribution is 0.200. The minimum absolute atomic E-state index is 0.360. The van der Waals surface area contributed by atoms with Crippen molar-refractivity contribution in [3.05, 3.63) is 59.7 Å². The predicted octanol–water partition coefficient (Wildman–Crippen LogP) is 2.86. The van der Waals surface area contributed by atoms with Crippen molar-refractivity contribution in [1.82, 2.24) is 5.32 Å². The van der Waals surface area contributed by atoms with Gasteiger partial charge >= 0.3 is 6.09 Å². The molecular weight excluding hydrogens is 268 g/mol. The van der Waals surface area contributed by atoms with Crippen LogP contribution in [0, 0.1) is 11.3 Å². The van der Waals surface area contributed by atoms with Crippen LogP contribution in [-0.2, 0) is 6.54 Å². The molecule has 2 rings (SSSR count). The highest BCUT2D eigenvalue weighted by molar-refractivity contribution is 5.70. The summed E-state index contributed by atoms with van der Waals surface area (Å²) in [5.74, 6) is 1.15. The van der Waals surface area contributed by atoms with E-state index >= 15 is 0 Å². The number of carbonyl (C=O) groups excluding carboxylic acids is 1. The molecule has 0 atom stereocenters. The summed E-state index contributed by atoms with van der Waals surface area (Å²) in [5.41, 5.74) is 1.45. The molecule has 0 bridgehead atoms. The normalized spacial score (nSPS) is 9.52. The topological polar surface area (TPSA) is 71.3 Å². The fourth-order valence-electron chi connectivity index (χ4n) is 1.66. The van der Waals surface area contributed by atoms with Gasteiger partial charge in [0.15, 0.2) is 0 Å². The van der Waals surface area contributed by atoms with Crippen LogP contribution in [0.25, 0.3) is 0 Å². The van der Waals surface area contributed by atoms with Gasteiger partial charge < -0.3 is 14.8 Å². The molecule has 0 aliphatic rings. The van der Waals surface area contributed by atoms with Gasteiger partial charge in [0, 0.05) is 6.54 Å². The molecule has 1 N–H and O–H groups in total. The number of hydrogen-bond acceptors (Lipinski definition) is 4. The molecule has 0 heterocycles. The lowest BCUT2D eigenvalue weighted by atomic mass is 10.2. The predicted molar refractivity (Wildman–Crippen MR) is 77.0 cm³/mol. The van der Waals surface area contributed by atoms with Crippen molar-refractivity contribution in [2.45, 2.75) is 6.54 Å². The third-order valence-electron chi connectivity index (χ3n) is 2.79. The number of ether oxygens (including phenoxy) is 2. The van der Waals surface area contributed by atoms with Gasteiger partial charge in [-0.05, 0) is 42.0 Å². The monoisotopic (exact) mass is 282 g/mol. The number of hydrogen-bond donors (Lipinski definition) is 1. The van der Waals surface area contributed by atoms with Crippen molar-refractivity contribution in [3.63, 3.8) is 0 Å². The Balaban J connectivity index is 1.85. The van der Waals surface area contributed by atoms with Crippen molar-refractivity contribution in [3.8, 4) is 17.6 Å². The number of amides is 1. The molecule has 0 aliphatic carbocycles. The van der Waals surface area contributed by atoms with E-state index in [1.54, 1.807) is 31.4 Å². The first-order valence-corrected chi connectivity index (χ1v) is 6.30. The van der Waals surface area contributed by atoms with Gasteiger partial charge in [0.1, 0.15) is 11.5 Å². The van der Waals surface area contributed by atoms with E-state index in [2.05, 4.69) is 5.32 Å². The maximum absolute atomic E-state index is 11.6. The number of nitrogens with one attached hydrogen (secondary N) is 1. The number of nitriles is 1. The molecule has 106 valence electrons. The zero-order chi connectivity index (χ0) is 15.1. The first-order chi connectivity index (χ1) is 10.2. The summed E-state index contributed by atoms with van der Waals surface area (Å²) in [4.78, 5) is 11.6. The molecule has 0 aliphatic heterocycles. The Morgan fingerprint density at radius 2 is 1.71 bits per heavy atom. The van der Waals surface area contributed by atoms with Crippen LogP contribution in [0.3, 0.4) is 0 Å².